The van der Waals surface area contributed by atoms with Gasteiger partial charge >= 0.3 is 0 Å². The molecule has 4 aromatic rings. The lowest BCUT2D eigenvalue weighted by Crippen LogP contribution is -2.12. The minimum absolute atomic E-state index is 0.319. The quantitative estimate of drug-likeness (QED) is 0.428. The number of nitrogens with one attached hydrogen (secondary N) is 1. The van der Waals surface area contributed by atoms with Gasteiger partial charge in [0.1, 0.15) is 15.5 Å². The molecule has 0 unspecified atom stereocenters. The molecule has 0 saturated heterocycles. The maximum absolute atomic E-state index is 13.2. The van der Waals surface area contributed by atoms with Gasteiger partial charge in [0.05, 0.1) is 32.7 Å². The largest absolute Gasteiger partial charge is 0.493 e. The number of carbonyl (C=O) groups excluding carboxylic acids is 1. The Hall–Kier alpha value is -3.85. The fourth-order valence-electron chi connectivity index (χ4n) is 3.29. The summed E-state index contributed by atoms with van der Waals surface area (Å²) >= 11 is 1.18. The average molecular weight is 453 g/mol. The lowest BCUT2D eigenvalue weighted by molar-refractivity contribution is 0.103. The predicted octanol–water partition coefficient (Wildman–Crippen LogP) is 4.96. The van der Waals surface area contributed by atoms with Gasteiger partial charge in [0.2, 0.25) is 5.75 Å². The van der Waals surface area contributed by atoms with Crippen LogP contribution in [0.3, 0.4) is 0 Å². The van der Waals surface area contributed by atoms with Crippen LogP contribution in [0.15, 0.2) is 48.5 Å². The van der Waals surface area contributed by atoms with Crippen LogP contribution in [0.1, 0.15) is 9.67 Å². The second-order valence-electron chi connectivity index (χ2n) is 6.77. The van der Waals surface area contributed by atoms with Gasteiger partial charge in [-0.25, -0.2) is 9.37 Å². The molecule has 2 aromatic carbocycles. The number of anilines is 2. The molecule has 0 aliphatic rings. The van der Waals surface area contributed by atoms with Crippen LogP contribution in [0.2, 0.25) is 0 Å². The van der Waals surface area contributed by atoms with Crippen LogP contribution in [0.4, 0.5) is 15.8 Å². The van der Waals surface area contributed by atoms with E-state index in [2.05, 4.69) is 10.3 Å². The van der Waals surface area contributed by atoms with E-state index in [4.69, 9.17) is 19.9 Å². The molecule has 2 aromatic heterocycles. The summed E-state index contributed by atoms with van der Waals surface area (Å²) in [4.78, 5) is 18.5. The molecule has 0 saturated carbocycles. The molecule has 32 heavy (non-hydrogen) atoms. The number of ether oxygens (including phenoxy) is 3. The number of nitrogens with zero attached hydrogens (tertiary/aromatic N) is 1. The summed E-state index contributed by atoms with van der Waals surface area (Å²) in [5.41, 5.74) is 8.48. The molecule has 0 spiro atoms. The number of nitrogens with two attached hydrogens (primary N) is 1. The van der Waals surface area contributed by atoms with Crippen LogP contribution in [0.5, 0.6) is 17.2 Å². The summed E-state index contributed by atoms with van der Waals surface area (Å²) in [5, 5.41) is 3.50. The summed E-state index contributed by atoms with van der Waals surface area (Å²) in [6.45, 7) is 0. The van der Waals surface area contributed by atoms with Gasteiger partial charge in [-0.05, 0) is 36.4 Å². The Morgan fingerprint density at radius 3 is 2.25 bits per heavy atom. The van der Waals surface area contributed by atoms with Crippen molar-refractivity contribution in [3.05, 3.63) is 59.2 Å². The molecule has 0 radical (unpaired) electrons. The van der Waals surface area contributed by atoms with Gasteiger partial charge in [0.25, 0.3) is 5.91 Å². The number of carbonyl (C=O) groups is 1. The Labute approximate surface area is 187 Å². The zero-order valence-electron chi connectivity index (χ0n) is 17.6. The number of benzene rings is 2. The van der Waals surface area contributed by atoms with E-state index in [1.165, 1.54) is 44.8 Å². The summed E-state index contributed by atoms with van der Waals surface area (Å²) in [5.74, 6) is 0.546. The van der Waals surface area contributed by atoms with E-state index >= 15 is 0 Å². The van der Waals surface area contributed by atoms with Crippen LogP contribution < -0.4 is 25.3 Å². The lowest BCUT2D eigenvalue weighted by atomic mass is 10.1. The number of rotatable bonds is 6. The number of pyridine rings is 1. The molecule has 2 heterocycles. The fourth-order valence-corrected chi connectivity index (χ4v) is 4.28. The molecule has 0 atom stereocenters. The first-order valence-electron chi connectivity index (χ1n) is 9.51. The van der Waals surface area contributed by atoms with Gasteiger partial charge < -0.3 is 25.3 Å². The number of nitrogen functional groups attached to an aromatic ring is 1. The van der Waals surface area contributed by atoms with Crippen molar-refractivity contribution in [1.82, 2.24) is 4.98 Å². The first-order chi connectivity index (χ1) is 15.4. The van der Waals surface area contributed by atoms with E-state index in [0.717, 1.165) is 5.56 Å². The van der Waals surface area contributed by atoms with Crippen LogP contribution >= 0.6 is 11.3 Å². The van der Waals surface area contributed by atoms with Crippen molar-refractivity contribution < 1.29 is 23.4 Å². The predicted molar refractivity (Wildman–Crippen MR) is 123 cm³/mol. The van der Waals surface area contributed by atoms with Crippen molar-refractivity contribution in [2.24, 2.45) is 0 Å². The number of hydrogen-bond acceptors (Lipinski definition) is 7. The molecule has 4 rings (SSSR count). The minimum atomic E-state index is -0.386. The lowest BCUT2D eigenvalue weighted by Gasteiger charge is -2.14. The van der Waals surface area contributed by atoms with Crippen molar-refractivity contribution >= 4 is 38.8 Å². The number of thiophene rings is 1. The Kier molecular flexibility index (Phi) is 5.83. The number of fused-ring (bicyclic) bond motifs is 1. The molecule has 0 bridgehead atoms. The second kappa shape index (κ2) is 8.72. The zero-order valence-corrected chi connectivity index (χ0v) is 18.4. The topological polar surface area (TPSA) is 95.7 Å². The van der Waals surface area contributed by atoms with Crippen molar-refractivity contribution in [1.29, 1.82) is 0 Å². The van der Waals surface area contributed by atoms with E-state index in [-0.39, 0.29) is 11.7 Å². The first kappa shape index (κ1) is 21.4. The van der Waals surface area contributed by atoms with Gasteiger partial charge in [-0.3, -0.25) is 4.79 Å². The molecule has 0 aliphatic heterocycles. The minimum Gasteiger partial charge on any atom is -0.493 e. The third kappa shape index (κ3) is 3.90. The molecular formula is C23H20FN3O4S. The monoisotopic (exact) mass is 453 g/mol. The van der Waals surface area contributed by atoms with E-state index < -0.39 is 0 Å². The van der Waals surface area contributed by atoms with E-state index in [1.807, 2.05) is 6.07 Å². The first-order valence-corrected chi connectivity index (χ1v) is 10.3. The average Bonchev–Trinajstić information content (AvgIpc) is 3.14. The molecule has 7 nitrogen and oxygen atoms in total. The van der Waals surface area contributed by atoms with Crippen molar-refractivity contribution in [3.8, 4) is 28.5 Å². The molecule has 0 fully saturated rings. The Morgan fingerprint density at radius 2 is 1.66 bits per heavy atom. The highest BCUT2D eigenvalue weighted by Gasteiger charge is 2.20. The normalized spacial score (nSPS) is 10.8. The zero-order chi connectivity index (χ0) is 22.8. The highest BCUT2D eigenvalue weighted by Crippen LogP contribution is 2.40. The van der Waals surface area contributed by atoms with Gasteiger partial charge in [-0.1, -0.05) is 0 Å². The molecular weight excluding hydrogens is 433 g/mol. The van der Waals surface area contributed by atoms with Crippen molar-refractivity contribution in [2.45, 2.75) is 0 Å². The van der Waals surface area contributed by atoms with E-state index in [0.29, 0.717) is 49.4 Å². The Bertz CT molecular complexity index is 1280. The molecule has 9 heteroatoms. The maximum atomic E-state index is 13.2. The Balaban J connectivity index is 1.67. The summed E-state index contributed by atoms with van der Waals surface area (Å²) in [6.07, 6.45) is 0. The number of hydrogen-bond donors (Lipinski definition) is 2. The molecule has 164 valence electrons. The molecule has 3 N–H and O–H groups in total. The van der Waals surface area contributed by atoms with Crippen molar-refractivity contribution in [2.75, 3.05) is 32.4 Å². The van der Waals surface area contributed by atoms with E-state index in [9.17, 15) is 9.18 Å². The van der Waals surface area contributed by atoms with Crippen LogP contribution in [-0.2, 0) is 0 Å². The Morgan fingerprint density at radius 1 is 1.00 bits per heavy atom. The highest BCUT2D eigenvalue weighted by atomic mass is 32.1. The highest BCUT2D eigenvalue weighted by molar-refractivity contribution is 7.21. The third-order valence-corrected chi connectivity index (χ3v) is 5.98. The molecule has 0 aliphatic carbocycles. The van der Waals surface area contributed by atoms with Crippen LogP contribution in [0, 0.1) is 5.82 Å². The van der Waals surface area contributed by atoms with Gasteiger partial charge in [0, 0.05) is 28.8 Å². The summed E-state index contributed by atoms with van der Waals surface area (Å²) in [7, 11) is 4.50. The number of amides is 1. The molecule has 1 amide bonds. The van der Waals surface area contributed by atoms with Crippen LogP contribution in [-0.4, -0.2) is 32.2 Å². The fraction of sp³-hybridized carbons (Fsp3) is 0.130. The third-order valence-electron chi connectivity index (χ3n) is 4.86. The number of methoxy groups -OCH3 is 3. The SMILES string of the molecule is COc1cc(NC(=O)c2sc3nc(-c4ccc(F)cc4)ccc3c2N)cc(OC)c1OC. The second-order valence-corrected chi connectivity index (χ2v) is 7.77. The number of halogens is 1. The van der Waals surface area contributed by atoms with Gasteiger partial charge in [-0.15, -0.1) is 11.3 Å². The van der Waals surface area contributed by atoms with Gasteiger partial charge in [0.15, 0.2) is 11.5 Å². The van der Waals surface area contributed by atoms with E-state index in [1.54, 1.807) is 30.3 Å². The summed E-state index contributed by atoms with van der Waals surface area (Å²) < 4.78 is 29.2. The maximum Gasteiger partial charge on any atom is 0.267 e. The standard InChI is InChI=1S/C23H20FN3O4S/c1-29-17-10-14(11-18(30-2)20(17)31-3)26-22(28)21-19(25)15-8-9-16(27-23(15)32-21)12-4-6-13(24)7-5-12/h4-11H,25H2,1-3H3,(H,26,28). The smallest absolute Gasteiger partial charge is 0.267 e. The van der Waals surface area contributed by atoms with Crippen molar-refractivity contribution in [3.63, 3.8) is 0 Å². The summed E-state index contributed by atoms with van der Waals surface area (Å²) in [6, 6.07) is 12.9. The number of aromatic nitrogens is 1. The van der Waals surface area contributed by atoms with Gasteiger partial charge in [-0.2, -0.15) is 0 Å². The van der Waals surface area contributed by atoms with Crippen LogP contribution in [0.25, 0.3) is 21.5 Å².